The standard InChI is InChI=1S/C26H28FNO4/c1-17(26(30)32-4)18-9-11-22(23(27)14-18)19-10-12-24(29)21(13-19)16-28(2)15-20-7-5-6-8-25(20)31-3/h5-14,17,29H,15-16H2,1-4H3. The van der Waals surface area contributed by atoms with E-state index in [1.165, 1.54) is 13.2 Å². The predicted molar refractivity (Wildman–Crippen MR) is 122 cm³/mol. The van der Waals surface area contributed by atoms with Crippen LogP contribution in [-0.2, 0) is 22.6 Å². The summed E-state index contributed by atoms with van der Waals surface area (Å²) in [5.74, 6) is -0.445. The molecule has 1 N–H and O–H groups in total. The molecule has 1 atom stereocenters. The van der Waals surface area contributed by atoms with Crippen LogP contribution in [-0.4, -0.2) is 37.2 Å². The van der Waals surface area contributed by atoms with E-state index in [4.69, 9.17) is 9.47 Å². The lowest BCUT2D eigenvalue weighted by Gasteiger charge is -2.20. The molecule has 3 rings (SSSR count). The second-order valence-electron chi connectivity index (χ2n) is 7.81. The number of phenolic OH excluding ortho intramolecular Hbond substituents is 1. The normalized spacial score (nSPS) is 11.9. The number of ether oxygens (including phenoxy) is 2. The van der Waals surface area contributed by atoms with E-state index in [-0.39, 0.29) is 5.75 Å². The van der Waals surface area contributed by atoms with Crippen LogP contribution in [0.2, 0.25) is 0 Å². The molecule has 0 aliphatic carbocycles. The molecule has 0 bridgehead atoms. The monoisotopic (exact) mass is 437 g/mol. The highest BCUT2D eigenvalue weighted by Gasteiger charge is 2.18. The summed E-state index contributed by atoms with van der Waals surface area (Å²) in [6.45, 7) is 2.77. The van der Waals surface area contributed by atoms with E-state index >= 15 is 0 Å². The number of rotatable bonds is 8. The molecule has 0 heterocycles. The van der Waals surface area contributed by atoms with Gasteiger partial charge in [-0.25, -0.2) is 4.39 Å². The van der Waals surface area contributed by atoms with Crippen molar-refractivity contribution in [2.24, 2.45) is 0 Å². The minimum absolute atomic E-state index is 0.150. The van der Waals surface area contributed by atoms with Crippen molar-refractivity contribution in [3.05, 3.63) is 83.2 Å². The molecule has 1 unspecified atom stereocenters. The fourth-order valence-electron chi connectivity index (χ4n) is 3.70. The van der Waals surface area contributed by atoms with Gasteiger partial charge < -0.3 is 14.6 Å². The first-order valence-corrected chi connectivity index (χ1v) is 10.3. The van der Waals surface area contributed by atoms with Gasteiger partial charge in [-0.2, -0.15) is 0 Å². The maximum absolute atomic E-state index is 14.9. The molecule has 0 amide bonds. The van der Waals surface area contributed by atoms with Crippen LogP contribution < -0.4 is 4.74 Å². The Morgan fingerprint density at radius 2 is 1.75 bits per heavy atom. The Bertz CT molecular complexity index is 1100. The van der Waals surface area contributed by atoms with E-state index in [1.54, 1.807) is 44.4 Å². The molecule has 0 spiro atoms. The highest BCUT2D eigenvalue weighted by Crippen LogP contribution is 2.31. The third-order valence-corrected chi connectivity index (χ3v) is 5.51. The van der Waals surface area contributed by atoms with Crippen LogP contribution in [0, 0.1) is 5.82 Å². The number of hydrogen-bond donors (Lipinski definition) is 1. The maximum atomic E-state index is 14.9. The molecule has 0 aliphatic rings. The molecule has 5 nitrogen and oxygen atoms in total. The molecule has 3 aromatic rings. The Morgan fingerprint density at radius 3 is 2.44 bits per heavy atom. The lowest BCUT2D eigenvalue weighted by Crippen LogP contribution is -2.17. The number of hydrogen-bond acceptors (Lipinski definition) is 5. The number of esters is 1. The summed E-state index contributed by atoms with van der Waals surface area (Å²) in [6.07, 6.45) is 0. The first-order valence-electron chi connectivity index (χ1n) is 10.3. The van der Waals surface area contributed by atoms with E-state index in [1.807, 2.05) is 36.2 Å². The van der Waals surface area contributed by atoms with Crippen LogP contribution in [0.3, 0.4) is 0 Å². The topological polar surface area (TPSA) is 59.0 Å². The van der Waals surface area contributed by atoms with Gasteiger partial charge in [0, 0.05) is 29.8 Å². The van der Waals surface area contributed by atoms with Gasteiger partial charge in [0.05, 0.1) is 20.1 Å². The quantitative estimate of drug-likeness (QED) is 0.496. The molecule has 168 valence electrons. The molecule has 32 heavy (non-hydrogen) atoms. The SMILES string of the molecule is COC(=O)C(C)c1ccc(-c2ccc(O)c(CN(C)Cc3ccccc3OC)c2)c(F)c1. The summed E-state index contributed by atoms with van der Waals surface area (Å²) < 4.78 is 25.0. The molecular weight excluding hydrogens is 409 g/mol. The Kier molecular flexibility index (Phi) is 7.49. The molecule has 6 heteroatoms. The van der Waals surface area contributed by atoms with Crippen molar-refractivity contribution in [3.63, 3.8) is 0 Å². The number of aromatic hydroxyl groups is 1. The van der Waals surface area contributed by atoms with Crippen LogP contribution in [0.25, 0.3) is 11.1 Å². The molecule has 0 saturated heterocycles. The number of nitrogens with zero attached hydrogens (tertiary/aromatic N) is 1. The summed E-state index contributed by atoms with van der Waals surface area (Å²) >= 11 is 0. The zero-order valence-corrected chi connectivity index (χ0v) is 18.8. The van der Waals surface area contributed by atoms with Crippen LogP contribution in [0.4, 0.5) is 4.39 Å². The average molecular weight is 438 g/mol. The maximum Gasteiger partial charge on any atom is 0.312 e. The molecule has 0 radical (unpaired) electrons. The number of carbonyl (C=O) groups excluding carboxylic acids is 1. The first kappa shape index (κ1) is 23.3. The number of methoxy groups -OCH3 is 2. The molecular formula is C26H28FNO4. The van der Waals surface area contributed by atoms with Crippen molar-refractivity contribution in [3.8, 4) is 22.6 Å². The van der Waals surface area contributed by atoms with Gasteiger partial charge in [-0.3, -0.25) is 9.69 Å². The first-order chi connectivity index (χ1) is 15.3. The molecule has 0 aromatic heterocycles. The lowest BCUT2D eigenvalue weighted by atomic mass is 9.96. The van der Waals surface area contributed by atoms with E-state index in [2.05, 4.69) is 0 Å². The van der Waals surface area contributed by atoms with Crippen molar-refractivity contribution >= 4 is 5.97 Å². The number of phenols is 1. The second-order valence-corrected chi connectivity index (χ2v) is 7.81. The van der Waals surface area contributed by atoms with E-state index in [0.29, 0.717) is 35.3 Å². The van der Waals surface area contributed by atoms with Crippen molar-refractivity contribution in [1.29, 1.82) is 0 Å². The van der Waals surface area contributed by atoms with E-state index in [9.17, 15) is 14.3 Å². The Morgan fingerprint density at radius 1 is 1.03 bits per heavy atom. The van der Waals surface area contributed by atoms with Gasteiger partial charge >= 0.3 is 5.97 Å². The molecule has 0 saturated carbocycles. The van der Waals surface area contributed by atoms with Crippen molar-refractivity contribution in [2.75, 3.05) is 21.3 Å². The zero-order valence-electron chi connectivity index (χ0n) is 18.8. The van der Waals surface area contributed by atoms with Crippen LogP contribution in [0.15, 0.2) is 60.7 Å². The minimum atomic E-state index is -0.553. The summed E-state index contributed by atoms with van der Waals surface area (Å²) in [5.41, 5.74) is 3.33. The summed E-state index contributed by atoms with van der Waals surface area (Å²) in [5, 5.41) is 10.4. The highest BCUT2D eigenvalue weighted by atomic mass is 19.1. The summed E-state index contributed by atoms with van der Waals surface area (Å²) in [6, 6.07) is 17.6. The van der Waals surface area contributed by atoms with Gasteiger partial charge in [-0.05, 0) is 49.4 Å². The van der Waals surface area contributed by atoms with Crippen molar-refractivity contribution in [1.82, 2.24) is 4.90 Å². The van der Waals surface area contributed by atoms with Gasteiger partial charge in [0.2, 0.25) is 0 Å². The summed E-state index contributed by atoms with van der Waals surface area (Å²) in [4.78, 5) is 13.8. The van der Waals surface area contributed by atoms with Crippen LogP contribution in [0.1, 0.15) is 29.5 Å². The van der Waals surface area contributed by atoms with Gasteiger partial charge in [0.15, 0.2) is 0 Å². The number of carbonyl (C=O) groups is 1. The fraction of sp³-hybridized carbons (Fsp3) is 0.269. The number of para-hydroxylation sites is 1. The smallest absolute Gasteiger partial charge is 0.312 e. The molecule has 0 aliphatic heterocycles. The van der Waals surface area contributed by atoms with Gasteiger partial charge in [0.25, 0.3) is 0 Å². The van der Waals surface area contributed by atoms with E-state index < -0.39 is 17.7 Å². The van der Waals surface area contributed by atoms with Gasteiger partial charge in [-0.15, -0.1) is 0 Å². The Hall–Kier alpha value is -3.38. The Balaban J connectivity index is 1.82. The van der Waals surface area contributed by atoms with Gasteiger partial charge in [-0.1, -0.05) is 36.4 Å². The third kappa shape index (κ3) is 5.26. The van der Waals surface area contributed by atoms with Gasteiger partial charge in [0.1, 0.15) is 17.3 Å². The van der Waals surface area contributed by atoms with Crippen molar-refractivity contribution in [2.45, 2.75) is 25.9 Å². The molecule has 3 aromatic carbocycles. The summed E-state index contributed by atoms with van der Waals surface area (Å²) in [7, 11) is 4.90. The van der Waals surface area contributed by atoms with Crippen molar-refractivity contribution < 1.29 is 23.8 Å². The molecule has 0 fully saturated rings. The van der Waals surface area contributed by atoms with Crippen LogP contribution >= 0.6 is 0 Å². The average Bonchev–Trinajstić information content (AvgIpc) is 2.79. The third-order valence-electron chi connectivity index (χ3n) is 5.51. The number of benzene rings is 3. The number of halogens is 1. The van der Waals surface area contributed by atoms with E-state index in [0.717, 1.165) is 11.3 Å². The zero-order chi connectivity index (χ0) is 23.3. The predicted octanol–water partition coefficient (Wildman–Crippen LogP) is 5.12. The second kappa shape index (κ2) is 10.3. The van der Waals surface area contributed by atoms with Crippen LogP contribution in [0.5, 0.6) is 11.5 Å². The largest absolute Gasteiger partial charge is 0.508 e. The minimum Gasteiger partial charge on any atom is -0.508 e. The fourth-order valence-corrected chi connectivity index (χ4v) is 3.70. The lowest BCUT2D eigenvalue weighted by molar-refractivity contribution is -0.141. The highest BCUT2D eigenvalue weighted by molar-refractivity contribution is 5.78. The Labute approximate surface area is 188 Å².